The largest absolute Gasteiger partial charge is 0.351 e. The Labute approximate surface area is 147 Å². The standard InChI is InChI=1S/C16H16N6O2S/c1-11-8-13(2-3-14(11)22-10-18-20-21-22)19-15(23)4-6-17-16(24)12-5-7-25-9-12/h2-3,5,7-10H,4,6H2,1H3,(H,17,24)(H,19,23). The molecule has 128 valence electrons. The summed E-state index contributed by atoms with van der Waals surface area (Å²) in [7, 11) is 0. The van der Waals surface area contributed by atoms with E-state index in [1.165, 1.54) is 17.7 Å². The SMILES string of the molecule is Cc1cc(NC(=O)CCNC(=O)c2ccsc2)ccc1-n1cnnn1. The van der Waals surface area contributed by atoms with Crippen LogP contribution in [0.15, 0.2) is 41.4 Å². The fraction of sp³-hybridized carbons (Fsp3) is 0.188. The van der Waals surface area contributed by atoms with Gasteiger partial charge in [0.25, 0.3) is 5.91 Å². The maximum absolute atomic E-state index is 12.0. The Kier molecular flexibility index (Phi) is 5.14. The van der Waals surface area contributed by atoms with E-state index in [4.69, 9.17) is 0 Å². The zero-order valence-electron chi connectivity index (χ0n) is 13.5. The predicted octanol–water partition coefficient (Wildman–Crippen LogP) is 1.79. The zero-order chi connectivity index (χ0) is 17.6. The van der Waals surface area contributed by atoms with Crippen LogP contribution in [0.4, 0.5) is 5.69 Å². The van der Waals surface area contributed by atoms with Gasteiger partial charge in [0.05, 0.1) is 5.69 Å². The number of amides is 2. The monoisotopic (exact) mass is 356 g/mol. The highest BCUT2D eigenvalue weighted by atomic mass is 32.1. The molecule has 3 rings (SSSR count). The first-order valence-corrected chi connectivity index (χ1v) is 8.52. The number of hydrogen-bond donors (Lipinski definition) is 2. The van der Waals surface area contributed by atoms with Crippen LogP contribution in [0.2, 0.25) is 0 Å². The number of tetrazole rings is 1. The van der Waals surface area contributed by atoms with Crippen LogP contribution in [0.25, 0.3) is 5.69 Å². The number of anilines is 1. The molecular formula is C16H16N6O2S. The summed E-state index contributed by atoms with van der Waals surface area (Å²) >= 11 is 1.46. The number of carbonyl (C=O) groups excluding carboxylic acids is 2. The number of hydrogen-bond acceptors (Lipinski definition) is 6. The molecule has 0 aliphatic rings. The molecule has 0 unspecified atom stereocenters. The molecule has 0 saturated heterocycles. The number of benzene rings is 1. The van der Waals surface area contributed by atoms with E-state index in [-0.39, 0.29) is 24.8 Å². The number of rotatable bonds is 6. The van der Waals surface area contributed by atoms with E-state index in [2.05, 4.69) is 26.2 Å². The van der Waals surface area contributed by atoms with Crippen LogP contribution in [0.5, 0.6) is 0 Å². The Balaban J connectivity index is 1.51. The summed E-state index contributed by atoms with van der Waals surface area (Å²) in [6.07, 6.45) is 1.71. The second-order valence-electron chi connectivity index (χ2n) is 5.32. The van der Waals surface area contributed by atoms with Gasteiger partial charge in [-0.3, -0.25) is 9.59 Å². The lowest BCUT2D eigenvalue weighted by Gasteiger charge is -2.09. The molecule has 0 aliphatic carbocycles. The summed E-state index contributed by atoms with van der Waals surface area (Å²) in [6.45, 7) is 2.19. The normalized spacial score (nSPS) is 10.4. The number of carbonyl (C=O) groups is 2. The number of thiophene rings is 1. The van der Waals surface area contributed by atoms with Gasteiger partial charge in [-0.25, -0.2) is 4.68 Å². The first-order valence-electron chi connectivity index (χ1n) is 7.58. The van der Waals surface area contributed by atoms with Gasteiger partial charge in [-0.05, 0) is 52.6 Å². The van der Waals surface area contributed by atoms with Crippen LogP contribution in [0, 0.1) is 6.92 Å². The van der Waals surface area contributed by atoms with Crippen LogP contribution < -0.4 is 10.6 Å². The summed E-state index contributed by atoms with van der Waals surface area (Å²) in [6, 6.07) is 7.21. The first-order chi connectivity index (χ1) is 12.1. The third-order valence-corrected chi connectivity index (χ3v) is 4.18. The van der Waals surface area contributed by atoms with Gasteiger partial charge >= 0.3 is 0 Å². The molecular weight excluding hydrogens is 340 g/mol. The average Bonchev–Trinajstić information content (AvgIpc) is 3.29. The molecule has 8 nitrogen and oxygen atoms in total. The minimum absolute atomic E-state index is 0.166. The molecule has 0 saturated carbocycles. The molecule has 0 radical (unpaired) electrons. The Morgan fingerprint density at radius 2 is 2.16 bits per heavy atom. The van der Waals surface area contributed by atoms with Gasteiger partial charge in [0.15, 0.2) is 0 Å². The van der Waals surface area contributed by atoms with Crippen LogP contribution in [-0.4, -0.2) is 38.6 Å². The third kappa shape index (κ3) is 4.27. The molecule has 2 amide bonds. The molecule has 25 heavy (non-hydrogen) atoms. The van der Waals surface area contributed by atoms with E-state index in [0.29, 0.717) is 11.3 Å². The minimum atomic E-state index is -0.171. The van der Waals surface area contributed by atoms with Crippen molar-refractivity contribution in [2.24, 2.45) is 0 Å². The number of nitrogens with zero attached hydrogens (tertiary/aromatic N) is 4. The molecule has 2 aromatic heterocycles. The maximum Gasteiger partial charge on any atom is 0.252 e. The second-order valence-corrected chi connectivity index (χ2v) is 6.10. The van der Waals surface area contributed by atoms with Crippen LogP contribution in [0.3, 0.4) is 0 Å². The van der Waals surface area contributed by atoms with Crippen LogP contribution in [-0.2, 0) is 4.79 Å². The molecule has 9 heteroatoms. The minimum Gasteiger partial charge on any atom is -0.351 e. The predicted molar refractivity (Wildman–Crippen MR) is 93.8 cm³/mol. The first kappa shape index (κ1) is 16.8. The lowest BCUT2D eigenvalue weighted by atomic mass is 10.1. The van der Waals surface area contributed by atoms with Crippen molar-refractivity contribution >= 4 is 28.8 Å². The Morgan fingerprint density at radius 1 is 1.28 bits per heavy atom. The van der Waals surface area contributed by atoms with Crippen molar-refractivity contribution in [2.75, 3.05) is 11.9 Å². The third-order valence-electron chi connectivity index (χ3n) is 3.50. The molecule has 0 aliphatic heterocycles. The Hall–Kier alpha value is -3.07. The highest BCUT2D eigenvalue weighted by Gasteiger charge is 2.08. The van der Waals surface area contributed by atoms with E-state index in [1.807, 2.05) is 24.4 Å². The van der Waals surface area contributed by atoms with Crippen molar-refractivity contribution in [3.05, 3.63) is 52.5 Å². The van der Waals surface area contributed by atoms with E-state index in [1.54, 1.807) is 22.2 Å². The highest BCUT2D eigenvalue weighted by Crippen LogP contribution is 2.18. The lowest BCUT2D eigenvalue weighted by molar-refractivity contribution is -0.116. The molecule has 2 N–H and O–H groups in total. The smallest absolute Gasteiger partial charge is 0.252 e. The van der Waals surface area contributed by atoms with Crippen molar-refractivity contribution in [3.8, 4) is 5.69 Å². The summed E-state index contributed by atoms with van der Waals surface area (Å²) in [5, 5.41) is 20.2. The van der Waals surface area contributed by atoms with Crippen molar-refractivity contribution in [2.45, 2.75) is 13.3 Å². The Morgan fingerprint density at radius 3 is 2.84 bits per heavy atom. The van der Waals surface area contributed by atoms with Crippen LogP contribution in [0.1, 0.15) is 22.3 Å². The van der Waals surface area contributed by atoms with E-state index >= 15 is 0 Å². The summed E-state index contributed by atoms with van der Waals surface area (Å²) in [5.74, 6) is -0.337. The van der Waals surface area contributed by atoms with Gasteiger partial charge in [0.1, 0.15) is 6.33 Å². The van der Waals surface area contributed by atoms with Gasteiger partial charge in [-0.1, -0.05) is 0 Å². The Bertz CT molecular complexity index is 861. The zero-order valence-corrected chi connectivity index (χ0v) is 14.3. The van der Waals surface area contributed by atoms with E-state index < -0.39 is 0 Å². The topological polar surface area (TPSA) is 102 Å². The van der Waals surface area contributed by atoms with Crippen molar-refractivity contribution in [1.82, 2.24) is 25.5 Å². The maximum atomic E-state index is 12.0. The van der Waals surface area contributed by atoms with E-state index in [0.717, 1.165) is 11.3 Å². The summed E-state index contributed by atoms with van der Waals surface area (Å²) in [5.41, 5.74) is 3.06. The van der Waals surface area contributed by atoms with Crippen molar-refractivity contribution in [3.63, 3.8) is 0 Å². The molecule has 0 spiro atoms. The number of nitrogens with one attached hydrogen (secondary N) is 2. The lowest BCUT2D eigenvalue weighted by Crippen LogP contribution is -2.27. The number of aromatic nitrogens is 4. The fourth-order valence-electron chi connectivity index (χ4n) is 2.27. The summed E-state index contributed by atoms with van der Waals surface area (Å²) < 4.78 is 1.56. The number of aryl methyl sites for hydroxylation is 1. The van der Waals surface area contributed by atoms with Crippen LogP contribution >= 0.6 is 11.3 Å². The fourth-order valence-corrected chi connectivity index (χ4v) is 2.91. The molecule has 0 atom stereocenters. The van der Waals surface area contributed by atoms with Gasteiger partial charge in [-0.15, -0.1) is 5.10 Å². The molecule has 0 bridgehead atoms. The van der Waals surface area contributed by atoms with Gasteiger partial charge in [-0.2, -0.15) is 11.3 Å². The molecule has 0 fully saturated rings. The van der Waals surface area contributed by atoms with Crippen molar-refractivity contribution in [1.29, 1.82) is 0 Å². The van der Waals surface area contributed by atoms with E-state index in [9.17, 15) is 9.59 Å². The highest BCUT2D eigenvalue weighted by molar-refractivity contribution is 7.08. The second kappa shape index (κ2) is 7.67. The molecule has 3 aromatic rings. The van der Waals surface area contributed by atoms with Gasteiger partial charge < -0.3 is 10.6 Å². The molecule has 1 aromatic carbocycles. The quantitative estimate of drug-likeness (QED) is 0.701. The van der Waals surface area contributed by atoms with Crippen molar-refractivity contribution < 1.29 is 9.59 Å². The summed E-state index contributed by atoms with van der Waals surface area (Å²) in [4.78, 5) is 23.8. The van der Waals surface area contributed by atoms with Gasteiger partial charge in [0, 0.05) is 29.6 Å². The average molecular weight is 356 g/mol. The van der Waals surface area contributed by atoms with Gasteiger partial charge in [0.2, 0.25) is 5.91 Å². The molecule has 2 heterocycles.